The first-order valence-electron chi connectivity index (χ1n) is 13.6. The van der Waals surface area contributed by atoms with Crippen LogP contribution in [-0.2, 0) is 4.79 Å². The number of hydrogen-bond acceptors (Lipinski definition) is 8. The molecule has 0 aliphatic carbocycles. The Hall–Kier alpha value is -5.05. The van der Waals surface area contributed by atoms with Crippen molar-refractivity contribution >= 4 is 28.9 Å². The number of nitrogens with zero attached hydrogens (tertiary/aromatic N) is 2. The van der Waals surface area contributed by atoms with Crippen molar-refractivity contribution in [3.8, 4) is 28.4 Å². The fourth-order valence-corrected chi connectivity index (χ4v) is 5.33. The van der Waals surface area contributed by atoms with Crippen molar-refractivity contribution in [2.45, 2.75) is 32.4 Å². The summed E-state index contributed by atoms with van der Waals surface area (Å²) in [7, 11) is 5.00. The van der Waals surface area contributed by atoms with Gasteiger partial charge in [0, 0.05) is 36.6 Å². The van der Waals surface area contributed by atoms with Gasteiger partial charge in [-0.05, 0) is 68.8 Å². The van der Waals surface area contributed by atoms with Gasteiger partial charge in [-0.25, -0.2) is 4.79 Å². The predicted molar refractivity (Wildman–Crippen MR) is 164 cm³/mol. The standard InChI is InChI=1S/C33H34N4O5/c1-20(35-25-11-7-8-12-27(25)40-5)29-24(15-16-26-30(29)37(4)32(39)33(2,3)36-26)23-14-13-22(18-28(23)41-6)42-31(38)21-10-9-17-34-19-21/h7-20,35-36H,1-6H3. The van der Waals surface area contributed by atoms with Gasteiger partial charge in [-0.2, -0.15) is 0 Å². The summed E-state index contributed by atoms with van der Waals surface area (Å²) in [5, 5.41) is 6.99. The number of nitrogens with one attached hydrogen (secondary N) is 2. The third kappa shape index (κ3) is 5.33. The summed E-state index contributed by atoms with van der Waals surface area (Å²) in [5.41, 5.74) is 4.52. The smallest absolute Gasteiger partial charge is 0.345 e. The first-order valence-corrected chi connectivity index (χ1v) is 13.6. The highest BCUT2D eigenvalue weighted by atomic mass is 16.5. The number of benzene rings is 3. The Morgan fingerprint density at radius 3 is 2.43 bits per heavy atom. The number of carbonyl (C=O) groups excluding carboxylic acids is 2. The topological polar surface area (TPSA) is 102 Å². The van der Waals surface area contributed by atoms with Crippen LogP contribution in [0, 0.1) is 0 Å². The van der Waals surface area contributed by atoms with Gasteiger partial charge in [0.05, 0.1) is 42.9 Å². The zero-order chi connectivity index (χ0) is 30.0. The Labute approximate surface area is 245 Å². The maximum Gasteiger partial charge on any atom is 0.345 e. The fourth-order valence-electron chi connectivity index (χ4n) is 5.33. The van der Waals surface area contributed by atoms with Crippen molar-refractivity contribution in [3.63, 3.8) is 0 Å². The lowest BCUT2D eigenvalue weighted by molar-refractivity contribution is -0.121. The Morgan fingerprint density at radius 1 is 0.976 bits per heavy atom. The molecule has 42 heavy (non-hydrogen) atoms. The number of likely N-dealkylation sites (N-methyl/N-ethyl adjacent to an activating group) is 1. The fraction of sp³-hybridized carbons (Fsp3) is 0.242. The minimum atomic E-state index is -0.767. The second kappa shape index (κ2) is 11.4. The lowest BCUT2D eigenvalue weighted by Gasteiger charge is -2.40. The second-order valence-corrected chi connectivity index (χ2v) is 10.6. The van der Waals surface area contributed by atoms with Gasteiger partial charge in [0.15, 0.2) is 0 Å². The number of pyridine rings is 1. The molecule has 1 aliphatic rings. The maximum atomic E-state index is 13.4. The molecule has 2 heterocycles. The molecular weight excluding hydrogens is 532 g/mol. The van der Waals surface area contributed by atoms with Crippen LogP contribution in [0.25, 0.3) is 11.1 Å². The largest absolute Gasteiger partial charge is 0.496 e. The van der Waals surface area contributed by atoms with Crippen LogP contribution in [0.4, 0.5) is 17.1 Å². The van der Waals surface area contributed by atoms with Gasteiger partial charge < -0.3 is 29.7 Å². The molecule has 0 saturated heterocycles. The van der Waals surface area contributed by atoms with Crippen LogP contribution in [0.1, 0.15) is 42.7 Å². The summed E-state index contributed by atoms with van der Waals surface area (Å²) in [5.74, 6) is 0.977. The first-order chi connectivity index (χ1) is 20.1. The van der Waals surface area contributed by atoms with E-state index in [9.17, 15) is 9.59 Å². The zero-order valence-electron chi connectivity index (χ0n) is 24.5. The van der Waals surface area contributed by atoms with E-state index in [1.807, 2.05) is 63.2 Å². The van der Waals surface area contributed by atoms with Crippen LogP contribution in [0.2, 0.25) is 0 Å². The van der Waals surface area contributed by atoms with Crippen molar-refractivity contribution in [3.05, 3.63) is 90.3 Å². The Bertz CT molecular complexity index is 1640. The van der Waals surface area contributed by atoms with Crippen molar-refractivity contribution < 1.29 is 23.8 Å². The third-order valence-corrected chi connectivity index (χ3v) is 7.32. The molecule has 216 valence electrons. The van der Waals surface area contributed by atoms with E-state index in [1.165, 1.54) is 6.20 Å². The molecule has 0 saturated carbocycles. The van der Waals surface area contributed by atoms with Crippen molar-refractivity contribution in [1.29, 1.82) is 0 Å². The molecule has 5 rings (SSSR count). The number of esters is 1. The van der Waals surface area contributed by atoms with Crippen LogP contribution in [0.5, 0.6) is 17.2 Å². The van der Waals surface area contributed by atoms with E-state index in [1.54, 1.807) is 56.6 Å². The zero-order valence-corrected chi connectivity index (χ0v) is 24.5. The summed E-state index contributed by atoms with van der Waals surface area (Å²) < 4.78 is 17.0. The van der Waals surface area contributed by atoms with E-state index in [0.717, 1.165) is 33.8 Å². The number of aromatic nitrogens is 1. The molecule has 9 heteroatoms. The van der Waals surface area contributed by atoms with Crippen LogP contribution in [-0.4, -0.2) is 43.7 Å². The molecule has 1 aliphatic heterocycles. The second-order valence-electron chi connectivity index (χ2n) is 10.6. The number of carbonyl (C=O) groups is 2. The van der Waals surface area contributed by atoms with Gasteiger partial charge in [0.2, 0.25) is 0 Å². The summed E-state index contributed by atoms with van der Waals surface area (Å²) in [6, 6.07) is 20.0. The van der Waals surface area contributed by atoms with E-state index >= 15 is 0 Å². The molecule has 1 amide bonds. The molecular formula is C33H34N4O5. The normalized spacial score (nSPS) is 14.3. The predicted octanol–water partition coefficient (Wildman–Crippen LogP) is 6.33. The van der Waals surface area contributed by atoms with Gasteiger partial charge in [-0.3, -0.25) is 9.78 Å². The molecule has 1 aromatic heterocycles. The number of methoxy groups -OCH3 is 2. The number of amides is 1. The van der Waals surface area contributed by atoms with Gasteiger partial charge in [0.1, 0.15) is 22.8 Å². The van der Waals surface area contributed by atoms with E-state index < -0.39 is 11.5 Å². The Morgan fingerprint density at radius 2 is 1.71 bits per heavy atom. The quantitative estimate of drug-likeness (QED) is 0.189. The number of rotatable bonds is 8. The number of hydrogen-bond donors (Lipinski definition) is 2. The SMILES string of the molecule is COc1ccccc1NC(C)c1c(-c2ccc(OC(=O)c3cccnc3)cc2OC)ccc2c1N(C)C(=O)C(C)(C)N2. The Kier molecular flexibility index (Phi) is 7.76. The van der Waals surface area contributed by atoms with Gasteiger partial charge in [-0.15, -0.1) is 0 Å². The summed E-state index contributed by atoms with van der Waals surface area (Å²) in [6.07, 6.45) is 3.05. The molecule has 3 aromatic carbocycles. The van der Waals surface area contributed by atoms with Crippen molar-refractivity contribution in [2.75, 3.05) is 36.8 Å². The maximum absolute atomic E-state index is 13.4. The highest BCUT2D eigenvalue weighted by Gasteiger charge is 2.39. The van der Waals surface area contributed by atoms with Gasteiger partial charge in [0.25, 0.3) is 5.91 Å². The summed E-state index contributed by atoms with van der Waals surface area (Å²) in [4.78, 5) is 31.8. The first kappa shape index (κ1) is 28.5. The van der Waals surface area contributed by atoms with E-state index in [0.29, 0.717) is 22.8 Å². The molecule has 0 fully saturated rings. The molecule has 4 aromatic rings. The van der Waals surface area contributed by atoms with Crippen molar-refractivity contribution in [1.82, 2.24) is 4.98 Å². The van der Waals surface area contributed by atoms with Crippen LogP contribution < -0.4 is 29.7 Å². The minimum absolute atomic E-state index is 0.0532. The molecule has 9 nitrogen and oxygen atoms in total. The minimum Gasteiger partial charge on any atom is -0.496 e. The molecule has 1 unspecified atom stereocenters. The molecule has 2 N–H and O–H groups in total. The number of para-hydroxylation sites is 2. The van der Waals surface area contributed by atoms with Crippen molar-refractivity contribution in [2.24, 2.45) is 0 Å². The number of anilines is 3. The highest BCUT2D eigenvalue weighted by Crippen LogP contribution is 2.47. The van der Waals surface area contributed by atoms with E-state index in [2.05, 4.69) is 15.6 Å². The average Bonchev–Trinajstić information content (AvgIpc) is 3.00. The van der Waals surface area contributed by atoms with E-state index in [4.69, 9.17) is 14.2 Å². The summed E-state index contributed by atoms with van der Waals surface area (Å²) in [6.45, 7) is 5.78. The molecule has 0 bridgehead atoms. The molecule has 0 spiro atoms. The average molecular weight is 567 g/mol. The van der Waals surface area contributed by atoms with Crippen LogP contribution in [0.3, 0.4) is 0 Å². The monoisotopic (exact) mass is 566 g/mol. The molecule has 1 atom stereocenters. The highest BCUT2D eigenvalue weighted by molar-refractivity contribution is 6.09. The Balaban J connectivity index is 1.62. The number of ether oxygens (including phenoxy) is 3. The van der Waals surface area contributed by atoms with Crippen LogP contribution >= 0.6 is 0 Å². The lowest BCUT2D eigenvalue weighted by atomic mass is 9.88. The van der Waals surface area contributed by atoms with E-state index in [-0.39, 0.29) is 11.9 Å². The summed E-state index contributed by atoms with van der Waals surface area (Å²) >= 11 is 0. The van der Waals surface area contributed by atoms with Gasteiger partial charge >= 0.3 is 5.97 Å². The van der Waals surface area contributed by atoms with Gasteiger partial charge in [-0.1, -0.05) is 18.2 Å². The lowest BCUT2D eigenvalue weighted by Crippen LogP contribution is -2.52. The number of fused-ring (bicyclic) bond motifs is 1. The van der Waals surface area contributed by atoms with Crippen LogP contribution in [0.15, 0.2) is 79.1 Å². The third-order valence-electron chi connectivity index (χ3n) is 7.32. The molecule has 0 radical (unpaired) electrons.